The molecule has 0 amide bonds. The van der Waals surface area contributed by atoms with Crippen molar-refractivity contribution in [2.24, 2.45) is 0 Å². The maximum absolute atomic E-state index is 13.7. The molecule has 29 heavy (non-hydrogen) atoms. The van der Waals surface area contributed by atoms with E-state index in [1.807, 2.05) is 0 Å². The molecule has 156 valence electrons. The maximum Gasteiger partial charge on any atom is 0.270 e. The molecule has 0 spiro atoms. The van der Waals surface area contributed by atoms with Crippen molar-refractivity contribution in [3.8, 4) is 0 Å². The van der Waals surface area contributed by atoms with E-state index in [1.165, 1.54) is 34.6 Å². The van der Waals surface area contributed by atoms with E-state index in [0.717, 1.165) is 6.07 Å². The Hall–Kier alpha value is -2.83. The number of non-ortho nitro benzene ring substituents is 1. The van der Waals surface area contributed by atoms with Gasteiger partial charge in [0.2, 0.25) is 10.0 Å². The Morgan fingerprint density at radius 3 is 2.41 bits per heavy atom. The number of sulfonamides is 1. The molecule has 0 saturated heterocycles. The van der Waals surface area contributed by atoms with Crippen LogP contribution >= 0.6 is 12.2 Å². The van der Waals surface area contributed by atoms with Gasteiger partial charge in [0.1, 0.15) is 10.7 Å². The maximum atomic E-state index is 13.7. The van der Waals surface area contributed by atoms with Crippen molar-refractivity contribution in [1.82, 2.24) is 9.73 Å². The van der Waals surface area contributed by atoms with Gasteiger partial charge in [0, 0.05) is 25.2 Å². The second kappa shape index (κ2) is 9.58. The number of hydrogen-bond acceptors (Lipinski definition) is 6. The molecule has 12 heteroatoms. The van der Waals surface area contributed by atoms with E-state index in [1.54, 1.807) is 19.9 Å². The number of nitro groups is 1. The first kappa shape index (κ1) is 22.5. The van der Waals surface area contributed by atoms with E-state index in [4.69, 9.17) is 12.2 Å². The summed E-state index contributed by atoms with van der Waals surface area (Å²) < 4.78 is 40.7. The number of nitro benzene ring substituents is 1. The zero-order chi connectivity index (χ0) is 21.6. The van der Waals surface area contributed by atoms with Gasteiger partial charge in [-0.3, -0.25) is 21.0 Å². The van der Waals surface area contributed by atoms with Gasteiger partial charge in [-0.2, -0.15) is 4.31 Å². The summed E-state index contributed by atoms with van der Waals surface area (Å²) in [6.45, 7) is 3.72. The molecule has 2 aromatic carbocycles. The number of hydrazine groups is 1. The molecule has 0 saturated carbocycles. The van der Waals surface area contributed by atoms with Crippen LogP contribution in [-0.2, 0) is 10.0 Å². The number of thiocarbonyl (C=S) groups is 1. The second-order valence-electron chi connectivity index (χ2n) is 5.71. The lowest BCUT2D eigenvalue weighted by Gasteiger charge is -2.21. The Balaban J connectivity index is 2.29. The molecule has 0 fully saturated rings. The van der Waals surface area contributed by atoms with Gasteiger partial charge in [-0.05, 0) is 30.4 Å². The average molecular weight is 442 g/mol. The van der Waals surface area contributed by atoms with E-state index in [0.29, 0.717) is 0 Å². The van der Waals surface area contributed by atoms with E-state index < -0.39 is 20.8 Å². The summed E-state index contributed by atoms with van der Waals surface area (Å²) in [7, 11) is -4.00. The molecule has 3 N–H and O–H groups in total. The molecule has 0 aromatic heterocycles. The van der Waals surface area contributed by atoms with Crippen LogP contribution in [0, 0.1) is 15.9 Å². The fraction of sp³-hybridized carbons (Fsp3) is 0.235. The number of halogens is 1. The average Bonchev–Trinajstić information content (AvgIpc) is 2.68. The lowest BCUT2D eigenvalue weighted by atomic mass is 10.3. The zero-order valence-corrected chi connectivity index (χ0v) is 17.3. The standard InChI is InChI=1S/C17H20FN5O4S2/c1-3-22(4-2)29(26,27)16-11-12(23(24)25)9-10-15(16)20-21-17(28)19-14-8-6-5-7-13(14)18/h5-11,20H,3-4H2,1-2H3,(H2,19,21,28). The third kappa shape index (κ3) is 5.37. The summed E-state index contributed by atoms with van der Waals surface area (Å²) in [4.78, 5) is 10.1. The highest BCUT2D eigenvalue weighted by Gasteiger charge is 2.27. The van der Waals surface area contributed by atoms with Gasteiger partial charge in [0.05, 0.1) is 16.3 Å². The van der Waals surface area contributed by atoms with Crippen LogP contribution in [-0.4, -0.2) is 35.8 Å². The summed E-state index contributed by atoms with van der Waals surface area (Å²) in [6, 6.07) is 9.27. The van der Waals surface area contributed by atoms with Crippen LogP contribution < -0.4 is 16.2 Å². The summed E-state index contributed by atoms with van der Waals surface area (Å²) in [6.07, 6.45) is 0. The van der Waals surface area contributed by atoms with Crippen LogP contribution in [0.2, 0.25) is 0 Å². The Morgan fingerprint density at radius 1 is 1.17 bits per heavy atom. The van der Waals surface area contributed by atoms with Crippen molar-refractivity contribution in [2.45, 2.75) is 18.7 Å². The summed E-state index contributed by atoms with van der Waals surface area (Å²) >= 11 is 5.08. The monoisotopic (exact) mass is 441 g/mol. The number of hydrogen-bond donors (Lipinski definition) is 3. The van der Waals surface area contributed by atoms with Crippen LogP contribution in [0.3, 0.4) is 0 Å². The Labute approximate surface area is 173 Å². The fourth-order valence-electron chi connectivity index (χ4n) is 2.48. The third-order valence-electron chi connectivity index (χ3n) is 3.93. The fourth-order valence-corrected chi connectivity index (χ4v) is 4.27. The van der Waals surface area contributed by atoms with Gasteiger partial charge in [0.15, 0.2) is 5.11 Å². The molecule has 0 bridgehead atoms. The first-order valence-electron chi connectivity index (χ1n) is 8.56. The summed E-state index contributed by atoms with van der Waals surface area (Å²) in [5, 5.41) is 13.7. The van der Waals surface area contributed by atoms with E-state index in [9.17, 15) is 22.9 Å². The van der Waals surface area contributed by atoms with Crippen LogP contribution in [0.4, 0.5) is 21.5 Å². The molecule has 0 aliphatic carbocycles. The number of para-hydroxylation sites is 1. The molecule has 0 unspecified atom stereocenters. The molecule has 2 rings (SSSR count). The molecule has 0 heterocycles. The van der Waals surface area contributed by atoms with Crippen LogP contribution in [0.5, 0.6) is 0 Å². The highest BCUT2D eigenvalue weighted by molar-refractivity contribution is 7.89. The number of rotatable bonds is 8. The van der Waals surface area contributed by atoms with Gasteiger partial charge >= 0.3 is 0 Å². The van der Waals surface area contributed by atoms with Crippen LogP contribution in [0.25, 0.3) is 0 Å². The normalized spacial score (nSPS) is 11.2. The molecule has 2 aromatic rings. The second-order valence-corrected chi connectivity index (χ2v) is 8.03. The number of benzene rings is 2. The lowest BCUT2D eigenvalue weighted by Crippen LogP contribution is -2.35. The van der Waals surface area contributed by atoms with Gasteiger partial charge in [-0.1, -0.05) is 26.0 Å². The van der Waals surface area contributed by atoms with Gasteiger partial charge < -0.3 is 5.32 Å². The van der Waals surface area contributed by atoms with E-state index >= 15 is 0 Å². The number of anilines is 2. The van der Waals surface area contributed by atoms with Crippen molar-refractivity contribution >= 4 is 44.4 Å². The van der Waals surface area contributed by atoms with E-state index in [2.05, 4.69) is 16.2 Å². The van der Waals surface area contributed by atoms with Crippen molar-refractivity contribution in [1.29, 1.82) is 0 Å². The predicted molar refractivity (Wildman–Crippen MR) is 113 cm³/mol. The number of nitrogens with one attached hydrogen (secondary N) is 3. The zero-order valence-electron chi connectivity index (χ0n) is 15.7. The molecular formula is C17H20FN5O4S2. The molecule has 0 aliphatic heterocycles. The first-order chi connectivity index (χ1) is 13.7. The largest absolute Gasteiger partial charge is 0.329 e. The number of nitrogens with zero attached hydrogens (tertiary/aromatic N) is 2. The Bertz CT molecular complexity index is 1010. The SMILES string of the molecule is CCN(CC)S(=O)(=O)c1cc([N+](=O)[O-])ccc1NNC(=S)Nc1ccccc1F. The minimum atomic E-state index is -4.00. The summed E-state index contributed by atoms with van der Waals surface area (Å²) in [5.74, 6) is -0.517. The van der Waals surface area contributed by atoms with Gasteiger partial charge in [0.25, 0.3) is 5.69 Å². The third-order valence-corrected chi connectivity index (χ3v) is 6.23. The molecule has 0 aliphatic rings. The molecule has 0 radical (unpaired) electrons. The molecular weight excluding hydrogens is 421 g/mol. The highest BCUT2D eigenvalue weighted by atomic mass is 32.2. The molecule has 9 nitrogen and oxygen atoms in total. The minimum absolute atomic E-state index is 0.0281. The van der Waals surface area contributed by atoms with Crippen LogP contribution in [0.1, 0.15) is 13.8 Å². The topological polar surface area (TPSA) is 117 Å². The first-order valence-corrected chi connectivity index (χ1v) is 10.4. The highest BCUT2D eigenvalue weighted by Crippen LogP contribution is 2.28. The smallest absolute Gasteiger partial charge is 0.270 e. The van der Waals surface area contributed by atoms with Gasteiger partial charge in [-0.25, -0.2) is 12.8 Å². The van der Waals surface area contributed by atoms with Crippen molar-refractivity contribution in [2.75, 3.05) is 23.8 Å². The minimum Gasteiger partial charge on any atom is -0.329 e. The van der Waals surface area contributed by atoms with E-state index in [-0.39, 0.29) is 40.2 Å². The lowest BCUT2D eigenvalue weighted by molar-refractivity contribution is -0.385. The predicted octanol–water partition coefficient (Wildman–Crippen LogP) is 3.08. The van der Waals surface area contributed by atoms with Crippen molar-refractivity contribution < 1.29 is 17.7 Å². The van der Waals surface area contributed by atoms with Crippen LogP contribution in [0.15, 0.2) is 47.4 Å². The Kier molecular flexibility index (Phi) is 7.42. The quantitative estimate of drug-likeness (QED) is 0.325. The van der Waals surface area contributed by atoms with Crippen molar-refractivity contribution in [3.63, 3.8) is 0 Å². The Morgan fingerprint density at radius 2 is 1.83 bits per heavy atom. The summed E-state index contributed by atoms with van der Waals surface area (Å²) in [5.41, 5.74) is 5.00. The van der Waals surface area contributed by atoms with Gasteiger partial charge in [-0.15, -0.1) is 0 Å². The molecule has 0 atom stereocenters. The van der Waals surface area contributed by atoms with Crippen molar-refractivity contribution in [3.05, 3.63) is 58.4 Å².